The van der Waals surface area contributed by atoms with Crippen molar-refractivity contribution >= 4 is 46.5 Å². The number of hydrogen-bond acceptors (Lipinski definition) is 3. The Morgan fingerprint density at radius 1 is 1.25 bits per heavy atom. The van der Waals surface area contributed by atoms with E-state index in [1.54, 1.807) is 0 Å². The Balaban J connectivity index is 2.26. The van der Waals surface area contributed by atoms with Gasteiger partial charge in [0, 0.05) is 5.69 Å². The van der Waals surface area contributed by atoms with E-state index in [-0.39, 0.29) is 13.2 Å². The van der Waals surface area contributed by atoms with Crippen molar-refractivity contribution in [1.82, 2.24) is 0 Å². The number of esters is 1. The first-order valence-corrected chi connectivity index (χ1v) is 5.62. The van der Waals surface area contributed by atoms with E-state index in [1.807, 2.05) is 30.3 Å². The second kappa shape index (κ2) is 6.18. The lowest BCUT2D eigenvalue weighted by Gasteiger charge is -2.11. The summed E-state index contributed by atoms with van der Waals surface area (Å²) >= 11 is 16.3. The van der Waals surface area contributed by atoms with E-state index in [4.69, 9.17) is 39.5 Å². The Hall–Kier alpha value is -0.640. The number of benzene rings is 1. The Labute approximate surface area is 109 Å². The molecule has 0 radical (unpaired) electrons. The van der Waals surface area contributed by atoms with Crippen molar-refractivity contribution in [2.75, 3.05) is 18.5 Å². The molecule has 0 saturated heterocycles. The molecule has 1 aromatic rings. The Morgan fingerprint density at radius 2 is 1.88 bits per heavy atom. The van der Waals surface area contributed by atoms with Gasteiger partial charge in [-0.1, -0.05) is 53.0 Å². The fraction of sp³-hybridized carbons (Fsp3) is 0.300. The number of hydrogen-bond donors (Lipinski definition) is 1. The monoisotopic (exact) mass is 281 g/mol. The van der Waals surface area contributed by atoms with Gasteiger partial charge in [0.15, 0.2) is 0 Å². The molecular formula is C10H10Cl3NO2. The van der Waals surface area contributed by atoms with Crippen LogP contribution in [0.5, 0.6) is 0 Å². The lowest BCUT2D eigenvalue weighted by atomic mass is 10.3. The zero-order valence-corrected chi connectivity index (χ0v) is 10.5. The molecule has 16 heavy (non-hydrogen) atoms. The third kappa shape index (κ3) is 6.05. The summed E-state index contributed by atoms with van der Waals surface area (Å²) in [5.74, 6) is -0.477. The van der Waals surface area contributed by atoms with Crippen LogP contribution in [0.25, 0.3) is 0 Å². The van der Waals surface area contributed by atoms with Crippen molar-refractivity contribution in [1.29, 1.82) is 0 Å². The maximum Gasteiger partial charge on any atom is 0.325 e. The molecule has 3 nitrogen and oxygen atoms in total. The number of nitrogens with one attached hydrogen (secondary N) is 1. The van der Waals surface area contributed by atoms with Crippen LogP contribution in [0.4, 0.5) is 5.69 Å². The van der Waals surface area contributed by atoms with Gasteiger partial charge in [-0.15, -0.1) is 0 Å². The molecule has 1 N–H and O–H groups in total. The predicted octanol–water partition coefficient (Wildman–Crippen LogP) is 3.01. The molecule has 0 unspecified atom stereocenters. The third-order valence-corrected chi connectivity index (χ3v) is 1.93. The highest BCUT2D eigenvalue weighted by molar-refractivity contribution is 6.67. The summed E-state index contributed by atoms with van der Waals surface area (Å²) in [6.45, 7) is -0.224. The molecule has 1 rings (SSSR count). The largest absolute Gasteiger partial charge is 0.460 e. The smallest absolute Gasteiger partial charge is 0.325 e. The maximum atomic E-state index is 11.2. The molecule has 6 heteroatoms. The number of carbonyl (C=O) groups is 1. The average molecular weight is 283 g/mol. The SMILES string of the molecule is O=C(CNc1ccccc1)OCC(Cl)(Cl)Cl. The van der Waals surface area contributed by atoms with Gasteiger partial charge >= 0.3 is 5.97 Å². The summed E-state index contributed by atoms with van der Waals surface area (Å²) in [5, 5.41) is 2.88. The molecule has 1 aromatic carbocycles. The molecule has 88 valence electrons. The van der Waals surface area contributed by atoms with E-state index in [9.17, 15) is 4.79 Å². The maximum absolute atomic E-state index is 11.2. The van der Waals surface area contributed by atoms with Gasteiger partial charge in [0.05, 0.1) is 0 Å². The highest BCUT2D eigenvalue weighted by Gasteiger charge is 2.21. The van der Waals surface area contributed by atoms with Crippen LogP contribution >= 0.6 is 34.8 Å². The van der Waals surface area contributed by atoms with E-state index < -0.39 is 9.76 Å². The van der Waals surface area contributed by atoms with Gasteiger partial charge in [0.1, 0.15) is 13.2 Å². The van der Waals surface area contributed by atoms with Gasteiger partial charge in [-0.25, -0.2) is 0 Å². The van der Waals surface area contributed by atoms with Crippen molar-refractivity contribution in [3.63, 3.8) is 0 Å². The van der Waals surface area contributed by atoms with Gasteiger partial charge in [-0.3, -0.25) is 4.79 Å². The normalized spacial score (nSPS) is 10.9. The molecule has 0 amide bonds. The predicted molar refractivity (Wildman–Crippen MR) is 66.2 cm³/mol. The first-order valence-electron chi connectivity index (χ1n) is 4.49. The lowest BCUT2D eigenvalue weighted by Crippen LogP contribution is -2.22. The number of anilines is 1. The van der Waals surface area contributed by atoms with Crippen molar-refractivity contribution in [2.24, 2.45) is 0 Å². The molecule has 0 heterocycles. The molecule has 0 aliphatic rings. The second-order valence-electron chi connectivity index (χ2n) is 3.00. The number of rotatable bonds is 4. The number of carbonyl (C=O) groups excluding carboxylic acids is 1. The quantitative estimate of drug-likeness (QED) is 0.681. The van der Waals surface area contributed by atoms with E-state index in [0.717, 1.165) is 5.69 Å². The summed E-state index contributed by atoms with van der Waals surface area (Å²) in [6, 6.07) is 9.26. The first kappa shape index (κ1) is 13.4. The Kier molecular flexibility index (Phi) is 5.19. The fourth-order valence-electron chi connectivity index (χ4n) is 0.944. The average Bonchev–Trinajstić information content (AvgIpc) is 2.24. The number of ether oxygens (including phenoxy) is 1. The van der Waals surface area contributed by atoms with E-state index in [0.29, 0.717) is 0 Å². The molecule has 0 aromatic heterocycles. The topological polar surface area (TPSA) is 38.3 Å². The van der Waals surface area contributed by atoms with Crippen molar-refractivity contribution in [3.05, 3.63) is 30.3 Å². The first-order chi connectivity index (χ1) is 7.47. The summed E-state index contributed by atoms with van der Waals surface area (Å²) in [5.41, 5.74) is 0.827. The van der Waals surface area contributed by atoms with Crippen LogP contribution in [-0.2, 0) is 9.53 Å². The molecule has 0 aliphatic carbocycles. The Bertz CT molecular complexity index is 338. The number of alkyl halides is 3. The Morgan fingerprint density at radius 3 is 2.44 bits per heavy atom. The van der Waals surface area contributed by atoms with Crippen LogP contribution in [-0.4, -0.2) is 22.9 Å². The summed E-state index contributed by atoms with van der Waals surface area (Å²) in [4.78, 5) is 11.2. The molecule has 0 fully saturated rings. The van der Waals surface area contributed by atoms with Crippen molar-refractivity contribution in [2.45, 2.75) is 3.79 Å². The van der Waals surface area contributed by atoms with Crippen molar-refractivity contribution in [3.8, 4) is 0 Å². The van der Waals surface area contributed by atoms with Crippen LogP contribution in [0.3, 0.4) is 0 Å². The van der Waals surface area contributed by atoms with Gasteiger partial charge < -0.3 is 10.1 Å². The fourth-order valence-corrected chi connectivity index (χ4v) is 1.11. The summed E-state index contributed by atoms with van der Waals surface area (Å²) < 4.78 is 3.16. The summed E-state index contributed by atoms with van der Waals surface area (Å²) in [7, 11) is 0. The third-order valence-electron chi connectivity index (χ3n) is 1.61. The van der Waals surface area contributed by atoms with E-state index in [2.05, 4.69) is 5.32 Å². The highest BCUT2D eigenvalue weighted by atomic mass is 35.6. The zero-order chi connectivity index (χ0) is 12.0. The van der Waals surface area contributed by atoms with Gasteiger partial charge in [-0.05, 0) is 12.1 Å². The van der Waals surface area contributed by atoms with Gasteiger partial charge in [0.2, 0.25) is 3.79 Å². The van der Waals surface area contributed by atoms with Crippen molar-refractivity contribution < 1.29 is 9.53 Å². The molecule has 0 aliphatic heterocycles. The minimum atomic E-state index is -1.57. The molecule has 0 atom stereocenters. The van der Waals surface area contributed by atoms with E-state index >= 15 is 0 Å². The van der Waals surface area contributed by atoms with Crippen LogP contribution in [0, 0.1) is 0 Å². The van der Waals surface area contributed by atoms with Gasteiger partial charge in [-0.2, -0.15) is 0 Å². The number of para-hydroxylation sites is 1. The molecule has 0 spiro atoms. The summed E-state index contributed by atoms with van der Waals surface area (Å²) in [6.07, 6.45) is 0. The lowest BCUT2D eigenvalue weighted by molar-refractivity contribution is -0.141. The van der Waals surface area contributed by atoms with E-state index in [1.165, 1.54) is 0 Å². The number of halogens is 3. The van der Waals surface area contributed by atoms with Crippen LogP contribution < -0.4 is 5.32 Å². The van der Waals surface area contributed by atoms with Gasteiger partial charge in [0.25, 0.3) is 0 Å². The molecule has 0 saturated carbocycles. The highest BCUT2D eigenvalue weighted by Crippen LogP contribution is 2.25. The molecule has 0 bridgehead atoms. The van der Waals surface area contributed by atoms with Crippen LogP contribution in [0.15, 0.2) is 30.3 Å². The second-order valence-corrected chi connectivity index (χ2v) is 5.51. The zero-order valence-electron chi connectivity index (χ0n) is 8.25. The molecular weight excluding hydrogens is 272 g/mol. The standard InChI is InChI=1S/C10H10Cl3NO2/c11-10(12,13)7-16-9(15)6-14-8-4-2-1-3-5-8/h1-5,14H,6-7H2. The minimum absolute atomic E-state index is 0.0325. The minimum Gasteiger partial charge on any atom is -0.460 e. The van der Waals surface area contributed by atoms with Crippen LogP contribution in [0.2, 0.25) is 0 Å². The van der Waals surface area contributed by atoms with Crippen LogP contribution in [0.1, 0.15) is 0 Å².